The van der Waals surface area contributed by atoms with Gasteiger partial charge in [0.25, 0.3) is 0 Å². The van der Waals surface area contributed by atoms with Gasteiger partial charge in [0.05, 0.1) is 29.0 Å². The lowest BCUT2D eigenvalue weighted by Crippen LogP contribution is -2.29. The molecule has 0 spiro atoms. The maximum atomic E-state index is 12.4. The summed E-state index contributed by atoms with van der Waals surface area (Å²) in [5.41, 5.74) is 4.15. The van der Waals surface area contributed by atoms with Gasteiger partial charge in [0.1, 0.15) is 5.01 Å². The van der Waals surface area contributed by atoms with Crippen LogP contribution in [-0.4, -0.2) is 34.4 Å². The Hall–Kier alpha value is -2.61. The molecule has 0 bridgehead atoms. The van der Waals surface area contributed by atoms with Crippen molar-refractivity contribution in [3.63, 3.8) is 0 Å². The number of rotatable bonds is 6. The van der Waals surface area contributed by atoms with Crippen LogP contribution in [0.2, 0.25) is 0 Å². The Balaban J connectivity index is 1.34. The van der Waals surface area contributed by atoms with E-state index in [-0.39, 0.29) is 12.5 Å². The number of thiazole rings is 2. The maximum Gasteiger partial charge on any atom is 0.240 e. The Labute approximate surface area is 171 Å². The van der Waals surface area contributed by atoms with Gasteiger partial charge in [-0.05, 0) is 26.1 Å². The van der Waals surface area contributed by atoms with Gasteiger partial charge in [-0.3, -0.25) is 9.69 Å². The Morgan fingerprint density at radius 1 is 1.11 bits per heavy atom. The minimum absolute atomic E-state index is 0.0755. The summed E-state index contributed by atoms with van der Waals surface area (Å²) in [6.45, 7) is 2.98. The second kappa shape index (κ2) is 8.18. The summed E-state index contributed by atoms with van der Waals surface area (Å²) < 4.78 is 1.17. The van der Waals surface area contributed by atoms with E-state index in [2.05, 4.69) is 40.4 Å². The molecule has 4 rings (SSSR count). The first-order chi connectivity index (χ1) is 13.6. The molecule has 2 heterocycles. The summed E-state index contributed by atoms with van der Waals surface area (Å²) in [5.74, 6) is -0.0755. The van der Waals surface area contributed by atoms with Crippen molar-refractivity contribution in [1.82, 2.24) is 14.9 Å². The van der Waals surface area contributed by atoms with E-state index in [1.54, 1.807) is 11.3 Å². The van der Waals surface area contributed by atoms with E-state index >= 15 is 0 Å². The fourth-order valence-corrected chi connectivity index (χ4v) is 4.65. The van der Waals surface area contributed by atoms with Gasteiger partial charge >= 0.3 is 0 Å². The lowest BCUT2D eigenvalue weighted by atomic mass is 10.1. The third-order valence-electron chi connectivity index (χ3n) is 4.25. The molecule has 0 radical (unpaired) electrons. The van der Waals surface area contributed by atoms with E-state index in [0.29, 0.717) is 11.7 Å². The van der Waals surface area contributed by atoms with Crippen molar-refractivity contribution in [3.05, 3.63) is 64.5 Å². The number of fused-ring (bicyclic) bond motifs is 1. The summed E-state index contributed by atoms with van der Waals surface area (Å²) in [7, 11) is 1.92. The highest BCUT2D eigenvalue weighted by atomic mass is 32.1. The number of hydrogen-bond acceptors (Lipinski definition) is 6. The molecule has 2 aromatic carbocycles. The molecule has 0 aliphatic heterocycles. The Morgan fingerprint density at radius 3 is 2.68 bits per heavy atom. The van der Waals surface area contributed by atoms with Crippen LogP contribution in [0.1, 0.15) is 10.6 Å². The number of para-hydroxylation sites is 1. The number of nitrogens with one attached hydrogen (secondary N) is 1. The lowest BCUT2D eigenvalue weighted by Gasteiger charge is -2.13. The fourth-order valence-electron chi connectivity index (χ4n) is 2.87. The molecular weight excluding hydrogens is 388 g/mol. The average molecular weight is 409 g/mol. The minimum atomic E-state index is -0.0755. The van der Waals surface area contributed by atoms with Crippen LogP contribution in [0.4, 0.5) is 5.13 Å². The predicted molar refractivity (Wildman–Crippen MR) is 117 cm³/mol. The van der Waals surface area contributed by atoms with Crippen molar-refractivity contribution in [2.45, 2.75) is 13.5 Å². The summed E-state index contributed by atoms with van der Waals surface area (Å²) in [6, 6.07) is 16.3. The summed E-state index contributed by atoms with van der Waals surface area (Å²) >= 11 is 3.10. The number of amides is 1. The smallest absolute Gasteiger partial charge is 0.240 e. The molecular formula is C21H20N4OS2. The van der Waals surface area contributed by atoms with Gasteiger partial charge in [-0.25, -0.2) is 9.97 Å². The second-order valence-corrected chi connectivity index (χ2v) is 8.67. The third kappa shape index (κ3) is 4.44. The highest BCUT2D eigenvalue weighted by Gasteiger charge is 2.12. The van der Waals surface area contributed by atoms with E-state index in [0.717, 1.165) is 21.8 Å². The number of aryl methyl sites for hydroxylation is 1. The molecule has 1 amide bonds. The first-order valence-electron chi connectivity index (χ1n) is 8.92. The number of hydrogen-bond donors (Lipinski definition) is 1. The van der Waals surface area contributed by atoms with Crippen LogP contribution < -0.4 is 5.32 Å². The van der Waals surface area contributed by atoms with Crippen LogP contribution in [0.25, 0.3) is 21.5 Å². The first kappa shape index (κ1) is 18.7. The lowest BCUT2D eigenvalue weighted by molar-refractivity contribution is -0.117. The normalized spacial score (nSPS) is 11.2. The molecule has 0 aliphatic rings. The number of aromatic nitrogens is 2. The van der Waals surface area contributed by atoms with Gasteiger partial charge in [0.15, 0.2) is 5.13 Å². The quantitative estimate of drug-likeness (QED) is 0.498. The van der Waals surface area contributed by atoms with Crippen LogP contribution in [0, 0.1) is 6.92 Å². The van der Waals surface area contributed by atoms with Crippen molar-refractivity contribution in [2.24, 2.45) is 0 Å². The Kier molecular flexibility index (Phi) is 5.47. The van der Waals surface area contributed by atoms with Crippen LogP contribution in [0.5, 0.6) is 0 Å². The molecule has 4 aromatic rings. The topological polar surface area (TPSA) is 58.1 Å². The molecule has 28 heavy (non-hydrogen) atoms. The van der Waals surface area contributed by atoms with E-state index in [4.69, 9.17) is 0 Å². The van der Waals surface area contributed by atoms with Crippen LogP contribution in [0.3, 0.4) is 0 Å². The van der Waals surface area contributed by atoms with Crippen molar-refractivity contribution in [1.29, 1.82) is 0 Å². The summed E-state index contributed by atoms with van der Waals surface area (Å²) in [4.78, 5) is 23.5. The Bertz CT molecular complexity index is 1070. The number of anilines is 1. The van der Waals surface area contributed by atoms with Crippen molar-refractivity contribution in [2.75, 3.05) is 18.9 Å². The standard InChI is InChI=1S/C21H20N4OS2/c1-14-7-9-15(10-8-14)17-13-27-21(23-17)24-19(26)11-25(2)12-20-22-16-5-3-4-6-18(16)28-20/h3-10,13H,11-12H2,1-2H3,(H,23,24,26). The number of benzene rings is 2. The number of carbonyl (C=O) groups is 1. The minimum Gasteiger partial charge on any atom is -0.301 e. The zero-order chi connectivity index (χ0) is 19.5. The monoisotopic (exact) mass is 408 g/mol. The largest absolute Gasteiger partial charge is 0.301 e. The van der Waals surface area contributed by atoms with Crippen LogP contribution in [-0.2, 0) is 11.3 Å². The Morgan fingerprint density at radius 2 is 1.89 bits per heavy atom. The average Bonchev–Trinajstić information content (AvgIpc) is 3.28. The number of nitrogens with zero attached hydrogens (tertiary/aromatic N) is 3. The molecule has 0 unspecified atom stereocenters. The molecule has 1 N–H and O–H groups in total. The van der Waals surface area contributed by atoms with Crippen LogP contribution in [0.15, 0.2) is 53.9 Å². The van der Waals surface area contributed by atoms with E-state index in [9.17, 15) is 4.79 Å². The van der Waals surface area contributed by atoms with E-state index in [1.807, 2.05) is 47.7 Å². The van der Waals surface area contributed by atoms with Gasteiger partial charge in [0.2, 0.25) is 5.91 Å². The third-order valence-corrected chi connectivity index (χ3v) is 6.03. The summed E-state index contributed by atoms with van der Waals surface area (Å²) in [6.07, 6.45) is 0. The van der Waals surface area contributed by atoms with E-state index < -0.39 is 0 Å². The summed E-state index contributed by atoms with van der Waals surface area (Å²) in [5, 5.41) is 6.49. The van der Waals surface area contributed by atoms with Gasteiger partial charge in [-0.2, -0.15) is 0 Å². The van der Waals surface area contributed by atoms with Crippen molar-refractivity contribution in [3.8, 4) is 11.3 Å². The van der Waals surface area contributed by atoms with Crippen molar-refractivity contribution >= 4 is 43.9 Å². The zero-order valence-electron chi connectivity index (χ0n) is 15.7. The zero-order valence-corrected chi connectivity index (χ0v) is 17.3. The number of carbonyl (C=O) groups excluding carboxylic acids is 1. The molecule has 0 saturated carbocycles. The molecule has 0 fully saturated rings. The molecule has 5 nitrogen and oxygen atoms in total. The second-order valence-electron chi connectivity index (χ2n) is 6.70. The molecule has 0 atom stereocenters. The highest BCUT2D eigenvalue weighted by Crippen LogP contribution is 2.25. The van der Waals surface area contributed by atoms with E-state index in [1.165, 1.54) is 21.6 Å². The predicted octanol–water partition coefficient (Wildman–Crippen LogP) is 4.80. The van der Waals surface area contributed by atoms with Crippen molar-refractivity contribution < 1.29 is 4.79 Å². The molecule has 0 aliphatic carbocycles. The highest BCUT2D eigenvalue weighted by molar-refractivity contribution is 7.18. The molecule has 142 valence electrons. The van der Waals surface area contributed by atoms with Gasteiger partial charge in [0, 0.05) is 10.9 Å². The maximum absolute atomic E-state index is 12.4. The fraction of sp³-hybridized carbons (Fsp3) is 0.190. The number of likely N-dealkylation sites (N-methyl/N-ethyl adjacent to an activating group) is 1. The van der Waals surface area contributed by atoms with Gasteiger partial charge in [-0.1, -0.05) is 42.0 Å². The first-order valence-corrected chi connectivity index (χ1v) is 10.6. The van der Waals surface area contributed by atoms with Gasteiger partial charge < -0.3 is 5.32 Å². The SMILES string of the molecule is Cc1ccc(-c2csc(NC(=O)CN(C)Cc3nc4ccccc4s3)n2)cc1. The molecule has 7 heteroatoms. The molecule has 0 saturated heterocycles. The van der Waals surface area contributed by atoms with Gasteiger partial charge in [-0.15, -0.1) is 22.7 Å². The molecule has 2 aromatic heterocycles. The van der Waals surface area contributed by atoms with Crippen LogP contribution >= 0.6 is 22.7 Å².